The van der Waals surface area contributed by atoms with Gasteiger partial charge in [-0.15, -0.1) is 0 Å². The Morgan fingerprint density at radius 1 is 0.721 bits per heavy atom. The molecule has 0 saturated carbocycles. The Kier molecular flexibility index (Phi) is 14.5. The topological polar surface area (TPSA) is 57.7 Å². The SMILES string of the molecule is CCCCCCCOc1ccc(-c2ccc(-c3ccc(C(=O)OCCCCCCCOC(C)C(F)(F)F)cc3)cn2)cc1. The fourth-order valence-electron chi connectivity index (χ4n) is 4.49. The fraction of sp³-hybridized carbons (Fsp3) is 0.486. The molecule has 1 atom stereocenters. The van der Waals surface area contributed by atoms with Gasteiger partial charge in [-0.25, -0.2) is 4.79 Å². The highest BCUT2D eigenvalue weighted by Gasteiger charge is 2.36. The minimum absolute atomic E-state index is 0.0922. The molecule has 2 aromatic carbocycles. The van der Waals surface area contributed by atoms with Gasteiger partial charge in [-0.2, -0.15) is 13.2 Å². The molecule has 0 saturated heterocycles. The summed E-state index contributed by atoms with van der Waals surface area (Å²) in [4.78, 5) is 17.0. The number of unbranched alkanes of at least 4 members (excludes halogenated alkanes) is 8. The molecule has 3 rings (SSSR count). The third kappa shape index (κ3) is 12.4. The number of carbonyl (C=O) groups is 1. The van der Waals surface area contributed by atoms with Crippen molar-refractivity contribution in [1.29, 1.82) is 0 Å². The fourth-order valence-corrected chi connectivity index (χ4v) is 4.49. The molecule has 43 heavy (non-hydrogen) atoms. The van der Waals surface area contributed by atoms with Gasteiger partial charge in [-0.05, 0) is 74.2 Å². The summed E-state index contributed by atoms with van der Waals surface area (Å²) in [6.45, 7) is 4.37. The van der Waals surface area contributed by atoms with E-state index in [2.05, 4.69) is 11.9 Å². The van der Waals surface area contributed by atoms with Crippen molar-refractivity contribution in [3.05, 3.63) is 72.4 Å². The van der Waals surface area contributed by atoms with Crippen LogP contribution in [0.25, 0.3) is 22.4 Å². The van der Waals surface area contributed by atoms with Crippen molar-refractivity contribution in [2.45, 2.75) is 90.3 Å². The summed E-state index contributed by atoms with van der Waals surface area (Å²) >= 11 is 0. The molecule has 0 fully saturated rings. The number of aromatic nitrogens is 1. The maximum Gasteiger partial charge on any atom is 0.414 e. The van der Waals surface area contributed by atoms with Crippen LogP contribution in [0.4, 0.5) is 13.2 Å². The van der Waals surface area contributed by atoms with Crippen LogP contribution < -0.4 is 4.74 Å². The Hall–Kier alpha value is -3.39. The van der Waals surface area contributed by atoms with E-state index < -0.39 is 12.3 Å². The lowest BCUT2D eigenvalue weighted by Crippen LogP contribution is -2.28. The highest BCUT2D eigenvalue weighted by atomic mass is 19.4. The number of pyridine rings is 1. The molecule has 0 amide bonds. The number of halogens is 3. The minimum atomic E-state index is -4.32. The normalized spacial score (nSPS) is 12.2. The second kappa shape index (κ2) is 18.3. The third-order valence-electron chi connectivity index (χ3n) is 7.23. The Morgan fingerprint density at radius 3 is 1.93 bits per heavy atom. The summed E-state index contributed by atoms with van der Waals surface area (Å²) in [6, 6.07) is 19.3. The van der Waals surface area contributed by atoms with Crippen LogP contribution in [0.15, 0.2) is 66.9 Å². The van der Waals surface area contributed by atoms with Gasteiger partial charge < -0.3 is 14.2 Å². The number of hydrogen-bond acceptors (Lipinski definition) is 5. The molecule has 234 valence electrons. The van der Waals surface area contributed by atoms with E-state index in [1.54, 1.807) is 12.1 Å². The van der Waals surface area contributed by atoms with Crippen molar-refractivity contribution < 1.29 is 32.2 Å². The monoisotopic (exact) mass is 599 g/mol. The Balaban J connectivity index is 1.35. The van der Waals surface area contributed by atoms with Crippen molar-refractivity contribution in [3.8, 4) is 28.1 Å². The summed E-state index contributed by atoms with van der Waals surface area (Å²) in [6.07, 6.45) is 5.59. The number of hydrogen-bond donors (Lipinski definition) is 0. The molecule has 3 aromatic rings. The maximum atomic E-state index is 12.4. The van der Waals surface area contributed by atoms with Gasteiger partial charge in [0.2, 0.25) is 0 Å². The lowest BCUT2D eigenvalue weighted by Gasteiger charge is -2.16. The maximum absolute atomic E-state index is 12.4. The largest absolute Gasteiger partial charge is 0.494 e. The van der Waals surface area contributed by atoms with E-state index >= 15 is 0 Å². The van der Waals surface area contributed by atoms with Crippen molar-refractivity contribution in [2.24, 2.45) is 0 Å². The first kappa shape index (κ1) is 34.1. The summed E-state index contributed by atoms with van der Waals surface area (Å²) in [5.74, 6) is 0.495. The molecule has 8 heteroatoms. The first-order chi connectivity index (χ1) is 20.8. The predicted molar refractivity (Wildman–Crippen MR) is 164 cm³/mol. The number of ether oxygens (including phenoxy) is 3. The zero-order valence-corrected chi connectivity index (χ0v) is 25.3. The molecule has 1 heterocycles. The number of esters is 1. The molecule has 0 bridgehead atoms. The molecule has 0 N–H and O–H groups in total. The second-order valence-electron chi connectivity index (χ2n) is 10.8. The van der Waals surface area contributed by atoms with E-state index in [-0.39, 0.29) is 12.6 Å². The molecule has 0 aliphatic heterocycles. The van der Waals surface area contributed by atoms with E-state index in [4.69, 9.17) is 14.2 Å². The van der Waals surface area contributed by atoms with Gasteiger partial charge in [0.25, 0.3) is 0 Å². The average Bonchev–Trinajstić information content (AvgIpc) is 3.01. The lowest BCUT2D eigenvalue weighted by molar-refractivity contribution is -0.214. The molecular formula is C35H44F3NO4. The van der Waals surface area contributed by atoms with Gasteiger partial charge in [-0.1, -0.05) is 70.1 Å². The van der Waals surface area contributed by atoms with E-state index in [1.165, 1.54) is 25.7 Å². The smallest absolute Gasteiger partial charge is 0.414 e. The van der Waals surface area contributed by atoms with E-state index in [0.717, 1.165) is 67.3 Å². The number of nitrogens with zero attached hydrogens (tertiary/aromatic N) is 1. The average molecular weight is 600 g/mol. The third-order valence-corrected chi connectivity index (χ3v) is 7.23. The van der Waals surface area contributed by atoms with Gasteiger partial charge in [0.1, 0.15) is 5.75 Å². The number of benzene rings is 2. The Labute approximate surface area is 253 Å². The number of carbonyl (C=O) groups excluding carboxylic acids is 1. The summed E-state index contributed by atoms with van der Waals surface area (Å²) < 4.78 is 53.2. The van der Waals surface area contributed by atoms with E-state index in [9.17, 15) is 18.0 Å². The van der Waals surface area contributed by atoms with Crippen molar-refractivity contribution in [1.82, 2.24) is 4.98 Å². The molecule has 0 radical (unpaired) electrons. The first-order valence-corrected chi connectivity index (χ1v) is 15.4. The highest BCUT2D eigenvalue weighted by Crippen LogP contribution is 2.25. The minimum Gasteiger partial charge on any atom is -0.494 e. The zero-order valence-electron chi connectivity index (χ0n) is 25.3. The summed E-state index contributed by atoms with van der Waals surface area (Å²) in [5, 5.41) is 0. The standard InChI is InChI=1S/C35H44F3NO4/c1-3-4-5-7-11-24-42-32-20-17-29(18-21-32)33-22-19-31(26-39-33)28-13-15-30(16-14-28)34(40)43-25-12-9-6-8-10-23-41-27(2)35(36,37)38/h13-22,26-27H,3-12,23-25H2,1-2H3. The molecule has 1 unspecified atom stereocenters. The molecule has 1 aromatic heterocycles. The van der Waals surface area contributed by atoms with E-state index in [0.29, 0.717) is 25.0 Å². The van der Waals surface area contributed by atoms with Crippen LogP contribution in [0.3, 0.4) is 0 Å². The zero-order chi connectivity index (χ0) is 30.9. The molecule has 5 nitrogen and oxygen atoms in total. The van der Waals surface area contributed by atoms with Gasteiger partial charge in [0.15, 0.2) is 6.10 Å². The molecule has 0 aliphatic carbocycles. The van der Waals surface area contributed by atoms with Crippen molar-refractivity contribution in [2.75, 3.05) is 19.8 Å². The highest BCUT2D eigenvalue weighted by molar-refractivity contribution is 5.90. The quantitative estimate of drug-likeness (QED) is 0.101. The Morgan fingerprint density at radius 2 is 1.30 bits per heavy atom. The van der Waals surface area contributed by atoms with Gasteiger partial charge in [0, 0.05) is 23.9 Å². The van der Waals surface area contributed by atoms with Gasteiger partial charge >= 0.3 is 12.1 Å². The van der Waals surface area contributed by atoms with Crippen LogP contribution in [-0.4, -0.2) is 43.1 Å². The van der Waals surface area contributed by atoms with Crippen LogP contribution >= 0.6 is 0 Å². The van der Waals surface area contributed by atoms with Gasteiger partial charge in [0.05, 0.1) is 24.5 Å². The predicted octanol–water partition coefficient (Wildman–Crippen LogP) is 9.84. The van der Waals surface area contributed by atoms with Crippen LogP contribution in [0.2, 0.25) is 0 Å². The van der Waals surface area contributed by atoms with Crippen molar-refractivity contribution >= 4 is 5.97 Å². The number of rotatable bonds is 19. The van der Waals surface area contributed by atoms with Crippen LogP contribution in [0.5, 0.6) is 5.75 Å². The van der Waals surface area contributed by atoms with Crippen LogP contribution in [0.1, 0.15) is 88.4 Å². The molecule has 0 aliphatic rings. The lowest BCUT2D eigenvalue weighted by atomic mass is 10.0. The van der Waals surface area contributed by atoms with Crippen LogP contribution in [0, 0.1) is 0 Å². The van der Waals surface area contributed by atoms with Crippen molar-refractivity contribution in [3.63, 3.8) is 0 Å². The first-order valence-electron chi connectivity index (χ1n) is 15.4. The van der Waals surface area contributed by atoms with Gasteiger partial charge in [-0.3, -0.25) is 4.98 Å². The van der Waals surface area contributed by atoms with E-state index in [1.807, 2.05) is 54.7 Å². The van der Waals surface area contributed by atoms with Crippen LogP contribution in [-0.2, 0) is 9.47 Å². The molecule has 0 spiro atoms. The second-order valence-corrected chi connectivity index (χ2v) is 10.8. The molecular weight excluding hydrogens is 555 g/mol. The summed E-state index contributed by atoms with van der Waals surface area (Å²) in [5.41, 5.74) is 4.27. The number of alkyl halides is 3. The summed E-state index contributed by atoms with van der Waals surface area (Å²) in [7, 11) is 0. The Bertz CT molecular complexity index is 1200.